The van der Waals surface area contributed by atoms with E-state index < -0.39 is 10.0 Å². The summed E-state index contributed by atoms with van der Waals surface area (Å²) in [6.45, 7) is 9.22. The number of nitriles is 1. The number of fused-ring (bicyclic) bond motifs is 1. The van der Waals surface area contributed by atoms with E-state index in [4.69, 9.17) is 0 Å². The van der Waals surface area contributed by atoms with Crippen molar-refractivity contribution in [1.82, 2.24) is 14.3 Å². The summed E-state index contributed by atoms with van der Waals surface area (Å²) in [4.78, 5) is 4.19. The lowest BCUT2D eigenvalue weighted by Crippen LogP contribution is -2.29. The molecule has 0 bridgehead atoms. The van der Waals surface area contributed by atoms with E-state index in [1.54, 1.807) is 6.20 Å². The number of sulfonamides is 1. The summed E-state index contributed by atoms with van der Waals surface area (Å²) in [7, 11) is -3.29. The first-order valence-corrected chi connectivity index (χ1v) is 12.1. The van der Waals surface area contributed by atoms with Gasteiger partial charge in [0.1, 0.15) is 11.8 Å². The lowest BCUT2D eigenvalue weighted by atomic mass is 9.96. The maximum Gasteiger partial charge on any atom is 0.215 e. The number of hydrogen-bond acceptors (Lipinski definition) is 4. The summed E-state index contributed by atoms with van der Waals surface area (Å²) < 4.78 is 30.1. The maximum absolute atomic E-state index is 12.5. The lowest BCUT2D eigenvalue weighted by molar-refractivity contribution is 0.349. The van der Waals surface area contributed by atoms with E-state index in [0.29, 0.717) is 5.69 Å². The van der Waals surface area contributed by atoms with Crippen LogP contribution >= 0.6 is 0 Å². The summed E-state index contributed by atoms with van der Waals surface area (Å²) in [6, 6.07) is 11.6. The van der Waals surface area contributed by atoms with E-state index in [9.17, 15) is 13.7 Å². The monoisotopic (exact) mass is 436 g/mol. The van der Waals surface area contributed by atoms with Gasteiger partial charge in [-0.15, -0.1) is 0 Å². The van der Waals surface area contributed by atoms with Gasteiger partial charge in [-0.25, -0.2) is 18.1 Å². The zero-order chi connectivity index (χ0) is 22.4. The second-order valence-electron chi connectivity index (χ2n) is 9.60. The van der Waals surface area contributed by atoms with Gasteiger partial charge < -0.3 is 4.57 Å². The highest BCUT2D eigenvalue weighted by molar-refractivity contribution is 7.90. The van der Waals surface area contributed by atoms with Crippen molar-refractivity contribution in [2.45, 2.75) is 58.4 Å². The molecule has 0 unspecified atom stereocenters. The average Bonchev–Trinajstić information content (AvgIpc) is 3.51. The SMILES string of the molecule is C[C@@H](NS(=O)(=O)C1CC1)c1cn(CC(C)(C)C)c2cc(-c3cccnc3C#N)ccc12. The van der Waals surface area contributed by atoms with Gasteiger partial charge in [0, 0.05) is 41.4 Å². The number of pyridine rings is 1. The van der Waals surface area contributed by atoms with Gasteiger partial charge in [0.05, 0.1) is 5.25 Å². The Balaban J connectivity index is 1.82. The summed E-state index contributed by atoms with van der Waals surface area (Å²) in [5.74, 6) is 0. The molecule has 6 nitrogen and oxygen atoms in total. The van der Waals surface area contributed by atoms with Crippen molar-refractivity contribution >= 4 is 20.9 Å². The van der Waals surface area contributed by atoms with Crippen LogP contribution in [0.15, 0.2) is 42.7 Å². The zero-order valence-electron chi connectivity index (χ0n) is 18.4. The molecule has 1 aliphatic carbocycles. The second kappa shape index (κ2) is 7.77. The molecule has 1 N–H and O–H groups in total. The Hall–Kier alpha value is -2.69. The van der Waals surface area contributed by atoms with E-state index in [1.165, 1.54) is 0 Å². The van der Waals surface area contributed by atoms with Crippen LogP contribution in [-0.4, -0.2) is 23.2 Å². The first-order valence-electron chi connectivity index (χ1n) is 10.6. The van der Waals surface area contributed by atoms with Crippen LogP contribution in [0.4, 0.5) is 0 Å². The summed E-state index contributed by atoms with van der Waals surface area (Å²) >= 11 is 0. The molecule has 0 spiro atoms. The Morgan fingerprint density at radius 3 is 2.68 bits per heavy atom. The normalized spacial score (nSPS) is 15.7. The smallest absolute Gasteiger partial charge is 0.215 e. The molecule has 1 atom stereocenters. The molecule has 1 fully saturated rings. The van der Waals surface area contributed by atoms with Gasteiger partial charge in [-0.3, -0.25) is 0 Å². The van der Waals surface area contributed by atoms with Crippen molar-refractivity contribution < 1.29 is 8.42 Å². The van der Waals surface area contributed by atoms with E-state index in [-0.39, 0.29) is 16.7 Å². The molecule has 1 saturated carbocycles. The van der Waals surface area contributed by atoms with Gasteiger partial charge in [-0.1, -0.05) is 32.9 Å². The highest BCUT2D eigenvalue weighted by atomic mass is 32.2. The topological polar surface area (TPSA) is 87.8 Å². The quantitative estimate of drug-likeness (QED) is 0.603. The Labute approximate surface area is 184 Å². The minimum atomic E-state index is -3.29. The molecule has 162 valence electrons. The predicted molar refractivity (Wildman–Crippen MR) is 123 cm³/mol. The van der Waals surface area contributed by atoms with Gasteiger partial charge in [0.15, 0.2) is 0 Å². The van der Waals surface area contributed by atoms with E-state index in [2.05, 4.69) is 53.4 Å². The number of nitrogens with one attached hydrogen (secondary N) is 1. The molecule has 2 aromatic heterocycles. The van der Waals surface area contributed by atoms with Crippen molar-refractivity contribution in [3.05, 3.63) is 54.0 Å². The first-order chi connectivity index (χ1) is 14.6. The van der Waals surface area contributed by atoms with Crippen molar-refractivity contribution in [3.63, 3.8) is 0 Å². The van der Waals surface area contributed by atoms with Crippen molar-refractivity contribution in [2.75, 3.05) is 0 Å². The number of nitrogens with zero attached hydrogens (tertiary/aromatic N) is 3. The zero-order valence-corrected chi connectivity index (χ0v) is 19.2. The molecule has 0 amide bonds. The van der Waals surface area contributed by atoms with E-state index >= 15 is 0 Å². The highest BCUT2D eigenvalue weighted by Crippen LogP contribution is 2.35. The molecule has 4 rings (SSSR count). The number of rotatable bonds is 6. The number of aromatic nitrogens is 2. The van der Waals surface area contributed by atoms with Crippen LogP contribution in [0, 0.1) is 16.7 Å². The second-order valence-corrected chi connectivity index (χ2v) is 11.6. The molecule has 1 aromatic carbocycles. The maximum atomic E-state index is 12.5. The molecular weight excluding hydrogens is 408 g/mol. The molecular formula is C24H28N4O2S. The molecule has 0 saturated heterocycles. The molecule has 2 heterocycles. The Bertz CT molecular complexity index is 1280. The molecule has 31 heavy (non-hydrogen) atoms. The van der Waals surface area contributed by atoms with Crippen molar-refractivity contribution in [3.8, 4) is 17.2 Å². The molecule has 3 aromatic rings. The van der Waals surface area contributed by atoms with Gasteiger partial charge >= 0.3 is 0 Å². The fourth-order valence-corrected chi connectivity index (χ4v) is 5.56. The Morgan fingerprint density at radius 2 is 2.03 bits per heavy atom. The van der Waals surface area contributed by atoms with Crippen LogP contribution in [0.1, 0.15) is 57.8 Å². The van der Waals surface area contributed by atoms with Crippen LogP contribution in [0.5, 0.6) is 0 Å². The molecule has 1 aliphatic rings. The molecule has 0 aliphatic heterocycles. The average molecular weight is 437 g/mol. The van der Waals surface area contributed by atoms with E-state index in [1.807, 2.05) is 31.2 Å². The fourth-order valence-electron chi connectivity index (χ4n) is 3.99. The van der Waals surface area contributed by atoms with Crippen molar-refractivity contribution in [1.29, 1.82) is 5.26 Å². The van der Waals surface area contributed by atoms with Crippen LogP contribution in [-0.2, 0) is 16.6 Å². The largest absolute Gasteiger partial charge is 0.347 e. The highest BCUT2D eigenvalue weighted by Gasteiger charge is 2.37. The third-order valence-corrected chi connectivity index (χ3v) is 7.58. The third kappa shape index (κ3) is 4.51. The number of hydrogen-bond donors (Lipinski definition) is 1. The van der Waals surface area contributed by atoms with Crippen LogP contribution in [0.25, 0.3) is 22.0 Å². The Morgan fingerprint density at radius 1 is 1.29 bits per heavy atom. The minimum absolute atomic E-state index is 0.0437. The predicted octanol–water partition coefficient (Wildman–Crippen LogP) is 4.76. The summed E-state index contributed by atoms with van der Waals surface area (Å²) in [5.41, 5.74) is 4.13. The minimum Gasteiger partial charge on any atom is -0.347 e. The standard InChI is InChI=1S/C24H28N4O2S/c1-16(27-31(29,30)18-8-9-18)21-14-28(15-24(2,3)4)23-12-17(7-10-20(21)23)19-6-5-11-26-22(19)13-25/h5-7,10-12,14,16,18,27H,8-9,15H2,1-4H3/t16-/m1/s1. The first kappa shape index (κ1) is 21.5. The summed E-state index contributed by atoms with van der Waals surface area (Å²) in [5, 5.41) is 10.2. The summed E-state index contributed by atoms with van der Waals surface area (Å²) in [6.07, 6.45) is 5.16. The van der Waals surface area contributed by atoms with Crippen LogP contribution in [0.2, 0.25) is 0 Å². The van der Waals surface area contributed by atoms with Gasteiger partial charge in [-0.2, -0.15) is 5.26 Å². The molecule has 7 heteroatoms. The lowest BCUT2D eigenvalue weighted by Gasteiger charge is -2.20. The van der Waals surface area contributed by atoms with Crippen LogP contribution < -0.4 is 4.72 Å². The Kier molecular flexibility index (Phi) is 5.40. The van der Waals surface area contributed by atoms with E-state index in [0.717, 1.165) is 47.0 Å². The van der Waals surface area contributed by atoms with Gasteiger partial charge in [-0.05, 0) is 54.5 Å². The fraction of sp³-hybridized carbons (Fsp3) is 0.417. The molecule has 0 radical (unpaired) electrons. The van der Waals surface area contributed by atoms with Gasteiger partial charge in [0.25, 0.3) is 0 Å². The van der Waals surface area contributed by atoms with Crippen LogP contribution in [0.3, 0.4) is 0 Å². The third-order valence-electron chi connectivity index (χ3n) is 5.55. The van der Waals surface area contributed by atoms with Gasteiger partial charge in [0.2, 0.25) is 10.0 Å². The number of benzene rings is 1. The van der Waals surface area contributed by atoms with Crippen molar-refractivity contribution in [2.24, 2.45) is 5.41 Å².